The smallest absolute Gasteiger partial charge is 0.192 e. The molecular formula is C15H12ClN5. The fraction of sp³-hybridized carbons (Fsp3) is 0. The molecule has 0 spiro atoms. The van der Waals surface area contributed by atoms with Crippen LogP contribution in [0.3, 0.4) is 0 Å². The van der Waals surface area contributed by atoms with Crippen molar-refractivity contribution in [3.8, 4) is 11.3 Å². The van der Waals surface area contributed by atoms with Crippen LogP contribution in [0.25, 0.3) is 22.0 Å². The Morgan fingerprint density at radius 3 is 2.43 bits per heavy atom. The second-order valence-corrected chi connectivity index (χ2v) is 4.84. The minimum Gasteiger partial charge on any atom is -0.370 e. The highest BCUT2D eigenvalue weighted by molar-refractivity contribution is 6.36. The van der Waals surface area contributed by atoms with Crippen LogP contribution in [0.4, 0.5) is 5.82 Å². The summed E-state index contributed by atoms with van der Waals surface area (Å²) in [6.45, 7) is 0. The third kappa shape index (κ3) is 2.51. The molecule has 0 fully saturated rings. The number of guanidine groups is 1. The monoisotopic (exact) mass is 297 g/mol. The largest absolute Gasteiger partial charge is 0.370 e. The Bertz CT molecular complexity index is 826. The molecular weight excluding hydrogens is 286 g/mol. The Balaban J connectivity index is 2.36. The number of fused-ring (bicyclic) bond motifs is 1. The van der Waals surface area contributed by atoms with Gasteiger partial charge >= 0.3 is 0 Å². The highest BCUT2D eigenvalue weighted by Crippen LogP contribution is 2.35. The van der Waals surface area contributed by atoms with Crippen molar-refractivity contribution in [1.82, 2.24) is 10.2 Å². The summed E-state index contributed by atoms with van der Waals surface area (Å²) in [5.74, 6) is 0.230. The molecule has 104 valence electrons. The van der Waals surface area contributed by atoms with E-state index in [1.54, 1.807) is 6.07 Å². The molecule has 4 N–H and O–H groups in total. The van der Waals surface area contributed by atoms with Gasteiger partial charge < -0.3 is 11.5 Å². The minimum atomic E-state index is -0.0852. The Kier molecular flexibility index (Phi) is 3.41. The number of rotatable bonds is 2. The van der Waals surface area contributed by atoms with Crippen molar-refractivity contribution in [3.63, 3.8) is 0 Å². The zero-order valence-corrected chi connectivity index (χ0v) is 11.7. The summed E-state index contributed by atoms with van der Waals surface area (Å²) in [6.07, 6.45) is 0. The van der Waals surface area contributed by atoms with E-state index >= 15 is 0 Å². The SMILES string of the molecule is NC(N)=Nc1nnc(-c2ccccc2)c2cccc(Cl)c12. The van der Waals surface area contributed by atoms with Crippen molar-refractivity contribution in [1.29, 1.82) is 0 Å². The predicted octanol–water partition coefficient (Wildman–Crippen LogP) is 2.86. The van der Waals surface area contributed by atoms with Crippen molar-refractivity contribution in [2.45, 2.75) is 0 Å². The van der Waals surface area contributed by atoms with E-state index in [0.29, 0.717) is 16.2 Å². The van der Waals surface area contributed by atoms with Crippen LogP contribution in [0.1, 0.15) is 0 Å². The lowest BCUT2D eigenvalue weighted by molar-refractivity contribution is 1.05. The topological polar surface area (TPSA) is 90.2 Å². The summed E-state index contributed by atoms with van der Waals surface area (Å²) >= 11 is 6.29. The van der Waals surface area contributed by atoms with Crippen LogP contribution in [0.15, 0.2) is 53.5 Å². The van der Waals surface area contributed by atoms with Crippen molar-refractivity contribution < 1.29 is 0 Å². The van der Waals surface area contributed by atoms with Gasteiger partial charge in [-0.1, -0.05) is 54.1 Å². The van der Waals surface area contributed by atoms with Crippen molar-refractivity contribution in [2.24, 2.45) is 16.5 Å². The maximum atomic E-state index is 6.29. The van der Waals surface area contributed by atoms with Gasteiger partial charge in [-0.3, -0.25) is 0 Å². The lowest BCUT2D eigenvalue weighted by Crippen LogP contribution is -2.22. The number of aliphatic imine (C=N–C) groups is 1. The Morgan fingerprint density at radius 2 is 1.71 bits per heavy atom. The van der Waals surface area contributed by atoms with Crippen LogP contribution in [-0.2, 0) is 0 Å². The summed E-state index contributed by atoms with van der Waals surface area (Å²) in [4.78, 5) is 4.00. The summed E-state index contributed by atoms with van der Waals surface area (Å²) in [5, 5.41) is 10.4. The first-order valence-electron chi connectivity index (χ1n) is 6.27. The van der Waals surface area contributed by atoms with E-state index < -0.39 is 0 Å². The van der Waals surface area contributed by atoms with E-state index in [1.165, 1.54) is 0 Å². The fourth-order valence-corrected chi connectivity index (χ4v) is 2.42. The maximum absolute atomic E-state index is 6.29. The summed E-state index contributed by atoms with van der Waals surface area (Å²) in [5.41, 5.74) is 12.6. The Labute approximate surface area is 126 Å². The zero-order chi connectivity index (χ0) is 14.8. The van der Waals surface area contributed by atoms with Crippen LogP contribution < -0.4 is 11.5 Å². The van der Waals surface area contributed by atoms with Crippen LogP contribution in [0.2, 0.25) is 5.02 Å². The lowest BCUT2D eigenvalue weighted by Gasteiger charge is -2.08. The van der Waals surface area contributed by atoms with Crippen molar-refractivity contribution in [2.75, 3.05) is 0 Å². The van der Waals surface area contributed by atoms with Gasteiger partial charge in [0.25, 0.3) is 0 Å². The highest BCUT2D eigenvalue weighted by atomic mass is 35.5. The first-order chi connectivity index (χ1) is 10.2. The molecule has 1 aromatic heterocycles. The highest BCUT2D eigenvalue weighted by Gasteiger charge is 2.13. The van der Waals surface area contributed by atoms with Gasteiger partial charge in [0.2, 0.25) is 0 Å². The van der Waals surface area contributed by atoms with Gasteiger partial charge in [-0.15, -0.1) is 10.2 Å². The van der Waals surface area contributed by atoms with Gasteiger partial charge in [-0.25, -0.2) is 0 Å². The van der Waals surface area contributed by atoms with Gasteiger partial charge in [0, 0.05) is 16.3 Å². The normalized spacial score (nSPS) is 10.5. The first kappa shape index (κ1) is 13.3. The standard InChI is InChI=1S/C15H12ClN5/c16-11-8-4-7-10-12(11)14(19-15(17)18)21-20-13(10)9-5-2-1-3-6-9/h1-8H,(H4,17,18,19,21). The molecule has 3 aromatic rings. The Hall–Kier alpha value is -2.66. The molecule has 0 saturated carbocycles. The summed E-state index contributed by atoms with van der Waals surface area (Å²) in [6, 6.07) is 15.3. The molecule has 0 atom stereocenters. The number of aromatic nitrogens is 2. The van der Waals surface area contributed by atoms with Gasteiger partial charge in [0.15, 0.2) is 11.8 Å². The third-order valence-corrected chi connectivity index (χ3v) is 3.33. The zero-order valence-electron chi connectivity index (χ0n) is 11.0. The van der Waals surface area contributed by atoms with Gasteiger partial charge in [0.05, 0.1) is 5.02 Å². The van der Waals surface area contributed by atoms with E-state index in [0.717, 1.165) is 16.6 Å². The molecule has 0 amide bonds. The number of hydrogen-bond donors (Lipinski definition) is 2. The van der Waals surface area contributed by atoms with Crippen molar-refractivity contribution >= 4 is 34.2 Å². The summed E-state index contributed by atoms with van der Waals surface area (Å²) in [7, 11) is 0. The third-order valence-electron chi connectivity index (χ3n) is 3.02. The lowest BCUT2D eigenvalue weighted by atomic mass is 10.0. The van der Waals surface area contributed by atoms with Gasteiger partial charge in [-0.05, 0) is 6.07 Å². The molecule has 1 heterocycles. The molecule has 0 unspecified atom stereocenters. The van der Waals surface area contributed by atoms with E-state index in [9.17, 15) is 0 Å². The molecule has 2 aromatic carbocycles. The molecule has 3 rings (SSSR count). The second kappa shape index (κ2) is 5.38. The van der Waals surface area contributed by atoms with Crippen LogP contribution in [0, 0.1) is 0 Å². The molecule has 0 aliphatic heterocycles. The maximum Gasteiger partial charge on any atom is 0.192 e. The molecule has 0 saturated heterocycles. The van der Waals surface area contributed by atoms with E-state index in [-0.39, 0.29) is 5.96 Å². The first-order valence-corrected chi connectivity index (χ1v) is 6.64. The van der Waals surface area contributed by atoms with E-state index in [2.05, 4.69) is 15.2 Å². The van der Waals surface area contributed by atoms with E-state index in [4.69, 9.17) is 23.1 Å². The molecule has 5 nitrogen and oxygen atoms in total. The van der Waals surface area contributed by atoms with Crippen molar-refractivity contribution in [3.05, 3.63) is 53.6 Å². The molecule has 0 aliphatic carbocycles. The quantitative estimate of drug-likeness (QED) is 0.562. The number of hydrogen-bond acceptors (Lipinski definition) is 3. The molecule has 0 radical (unpaired) electrons. The Morgan fingerprint density at radius 1 is 0.952 bits per heavy atom. The average molecular weight is 298 g/mol. The number of benzene rings is 2. The number of halogens is 1. The van der Waals surface area contributed by atoms with Crippen LogP contribution >= 0.6 is 11.6 Å². The molecule has 0 aliphatic rings. The number of nitrogens with zero attached hydrogens (tertiary/aromatic N) is 3. The van der Waals surface area contributed by atoms with Gasteiger partial charge in [0.1, 0.15) is 5.69 Å². The second-order valence-electron chi connectivity index (χ2n) is 4.44. The molecule has 6 heteroatoms. The van der Waals surface area contributed by atoms with Gasteiger partial charge in [-0.2, -0.15) is 4.99 Å². The average Bonchev–Trinajstić information content (AvgIpc) is 2.48. The number of nitrogens with two attached hydrogens (primary N) is 2. The fourth-order valence-electron chi connectivity index (χ4n) is 2.16. The van der Waals surface area contributed by atoms with Crippen LogP contribution in [0.5, 0.6) is 0 Å². The minimum absolute atomic E-state index is 0.0852. The molecule has 21 heavy (non-hydrogen) atoms. The predicted molar refractivity (Wildman–Crippen MR) is 85.5 cm³/mol. The van der Waals surface area contributed by atoms with Crippen LogP contribution in [-0.4, -0.2) is 16.2 Å². The summed E-state index contributed by atoms with van der Waals surface area (Å²) < 4.78 is 0. The molecule has 0 bridgehead atoms. The van der Waals surface area contributed by atoms with E-state index in [1.807, 2.05) is 42.5 Å².